The summed E-state index contributed by atoms with van der Waals surface area (Å²) in [5.41, 5.74) is -0.300. The van der Waals surface area contributed by atoms with Crippen LogP contribution in [-0.4, -0.2) is 16.2 Å². The first-order valence-corrected chi connectivity index (χ1v) is 4.92. The van der Waals surface area contributed by atoms with Crippen LogP contribution in [0.5, 0.6) is 5.75 Å². The summed E-state index contributed by atoms with van der Waals surface area (Å²) in [5.74, 6) is -1.44. The highest BCUT2D eigenvalue weighted by molar-refractivity contribution is 6.04. The quantitative estimate of drug-likeness (QED) is 0.785. The van der Waals surface area contributed by atoms with Crippen molar-refractivity contribution in [1.29, 1.82) is 0 Å². The molecular formula is C12H10O5. The summed E-state index contributed by atoms with van der Waals surface area (Å²) in [6.45, 7) is 3.16. The van der Waals surface area contributed by atoms with Crippen molar-refractivity contribution < 1.29 is 19.4 Å². The minimum Gasteiger partial charge on any atom is -0.507 e. The monoisotopic (exact) mass is 234 g/mol. The first kappa shape index (κ1) is 11.2. The molecular weight excluding hydrogens is 224 g/mol. The molecule has 0 saturated heterocycles. The molecule has 88 valence electrons. The van der Waals surface area contributed by atoms with Crippen molar-refractivity contribution in [1.82, 2.24) is 0 Å². The second-order valence-electron chi connectivity index (χ2n) is 3.82. The summed E-state index contributed by atoms with van der Waals surface area (Å²) in [6.07, 6.45) is 0. The summed E-state index contributed by atoms with van der Waals surface area (Å²) in [5, 5.41) is 18.8. The topological polar surface area (TPSA) is 87.7 Å². The van der Waals surface area contributed by atoms with Crippen LogP contribution in [0.15, 0.2) is 21.3 Å². The Hall–Kier alpha value is -2.30. The van der Waals surface area contributed by atoms with Crippen LogP contribution >= 0.6 is 0 Å². The van der Waals surface area contributed by atoms with E-state index in [4.69, 9.17) is 9.52 Å². The van der Waals surface area contributed by atoms with Gasteiger partial charge in [-0.1, -0.05) is 0 Å². The standard InChI is InChI=1S/C12H10O5/c1-5-3-7(13)10(12(15)16)11-9(5)8(14)4-6(2)17-11/h3-4,13H,1-2H3,(H,15,16). The van der Waals surface area contributed by atoms with Crippen molar-refractivity contribution in [2.75, 3.05) is 0 Å². The molecule has 1 aromatic heterocycles. The van der Waals surface area contributed by atoms with Gasteiger partial charge in [-0.05, 0) is 25.5 Å². The van der Waals surface area contributed by atoms with Crippen LogP contribution in [0, 0.1) is 13.8 Å². The number of carboxylic acid groups (broad SMARTS) is 1. The Morgan fingerprint density at radius 1 is 1.29 bits per heavy atom. The molecule has 17 heavy (non-hydrogen) atoms. The number of carbonyl (C=O) groups is 1. The number of benzene rings is 1. The highest BCUT2D eigenvalue weighted by atomic mass is 16.4. The molecule has 5 heteroatoms. The van der Waals surface area contributed by atoms with Gasteiger partial charge in [0.1, 0.15) is 17.1 Å². The predicted molar refractivity (Wildman–Crippen MR) is 60.6 cm³/mol. The smallest absolute Gasteiger partial charge is 0.343 e. The van der Waals surface area contributed by atoms with Crippen molar-refractivity contribution >= 4 is 16.9 Å². The summed E-state index contributed by atoms with van der Waals surface area (Å²) in [4.78, 5) is 22.8. The van der Waals surface area contributed by atoms with Crippen LogP contribution in [0.2, 0.25) is 0 Å². The van der Waals surface area contributed by atoms with Gasteiger partial charge < -0.3 is 14.6 Å². The fourth-order valence-electron chi connectivity index (χ4n) is 1.83. The molecule has 2 N–H and O–H groups in total. The average Bonchev–Trinajstić information content (AvgIpc) is 2.13. The van der Waals surface area contributed by atoms with E-state index in [-0.39, 0.29) is 22.0 Å². The molecule has 0 aliphatic rings. The molecule has 0 spiro atoms. The van der Waals surface area contributed by atoms with E-state index in [9.17, 15) is 14.7 Å². The third-order valence-electron chi connectivity index (χ3n) is 2.52. The minimum absolute atomic E-state index is 0.0833. The molecule has 0 unspecified atom stereocenters. The molecule has 5 nitrogen and oxygen atoms in total. The number of aromatic hydroxyl groups is 1. The Labute approximate surface area is 95.9 Å². The number of rotatable bonds is 1. The second kappa shape index (κ2) is 3.62. The van der Waals surface area contributed by atoms with Gasteiger partial charge in [-0.3, -0.25) is 4.79 Å². The number of phenols is 1. The van der Waals surface area contributed by atoms with Gasteiger partial charge in [-0.15, -0.1) is 0 Å². The molecule has 0 aliphatic heterocycles. The molecule has 0 radical (unpaired) electrons. The molecule has 1 aromatic carbocycles. The van der Waals surface area contributed by atoms with Crippen LogP contribution in [-0.2, 0) is 0 Å². The largest absolute Gasteiger partial charge is 0.507 e. The van der Waals surface area contributed by atoms with Crippen molar-refractivity contribution in [3.05, 3.63) is 39.2 Å². The van der Waals surface area contributed by atoms with Gasteiger partial charge in [-0.2, -0.15) is 0 Å². The van der Waals surface area contributed by atoms with Crippen LogP contribution in [0.25, 0.3) is 11.0 Å². The Kier molecular flexibility index (Phi) is 2.38. The van der Waals surface area contributed by atoms with Crippen molar-refractivity contribution in [3.8, 4) is 5.75 Å². The summed E-state index contributed by atoms with van der Waals surface area (Å²) in [6, 6.07) is 2.54. The maximum atomic E-state index is 11.8. The Bertz CT molecular complexity index is 681. The molecule has 2 rings (SSSR count). The van der Waals surface area contributed by atoms with E-state index in [0.717, 1.165) is 0 Å². The van der Waals surface area contributed by atoms with E-state index in [1.807, 2.05) is 0 Å². The van der Waals surface area contributed by atoms with E-state index in [1.54, 1.807) is 13.8 Å². The zero-order chi connectivity index (χ0) is 12.7. The van der Waals surface area contributed by atoms with Crippen LogP contribution in [0.1, 0.15) is 21.7 Å². The highest BCUT2D eigenvalue weighted by Gasteiger charge is 2.20. The van der Waals surface area contributed by atoms with Gasteiger partial charge in [0.15, 0.2) is 11.0 Å². The van der Waals surface area contributed by atoms with E-state index in [2.05, 4.69) is 0 Å². The Morgan fingerprint density at radius 2 is 1.94 bits per heavy atom. The molecule has 0 saturated carbocycles. The van der Waals surface area contributed by atoms with Gasteiger partial charge in [0, 0.05) is 6.07 Å². The fourth-order valence-corrected chi connectivity index (χ4v) is 1.83. The van der Waals surface area contributed by atoms with E-state index in [1.165, 1.54) is 12.1 Å². The molecule has 0 atom stereocenters. The van der Waals surface area contributed by atoms with E-state index >= 15 is 0 Å². The lowest BCUT2D eigenvalue weighted by Gasteiger charge is -2.07. The van der Waals surface area contributed by atoms with E-state index in [0.29, 0.717) is 11.3 Å². The summed E-state index contributed by atoms with van der Waals surface area (Å²) < 4.78 is 5.26. The molecule has 2 aromatic rings. The number of fused-ring (bicyclic) bond motifs is 1. The lowest BCUT2D eigenvalue weighted by molar-refractivity contribution is 0.0694. The first-order chi connectivity index (χ1) is 7.91. The normalized spacial score (nSPS) is 10.7. The third kappa shape index (κ3) is 1.65. The van der Waals surface area contributed by atoms with Crippen molar-refractivity contribution in [2.45, 2.75) is 13.8 Å². The zero-order valence-electron chi connectivity index (χ0n) is 9.27. The van der Waals surface area contributed by atoms with Crippen molar-refractivity contribution in [2.24, 2.45) is 0 Å². The number of aromatic carboxylic acids is 1. The molecule has 0 bridgehead atoms. The van der Waals surface area contributed by atoms with Gasteiger partial charge in [0.05, 0.1) is 5.39 Å². The molecule has 0 aliphatic carbocycles. The van der Waals surface area contributed by atoms with Gasteiger partial charge in [0.25, 0.3) is 0 Å². The number of hydrogen-bond donors (Lipinski definition) is 2. The molecule has 0 amide bonds. The number of aryl methyl sites for hydroxylation is 2. The lowest BCUT2D eigenvalue weighted by Crippen LogP contribution is -2.07. The number of hydrogen-bond acceptors (Lipinski definition) is 4. The van der Waals surface area contributed by atoms with Gasteiger partial charge >= 0.3 is 5.97 Å². The Morgan fingerprint density at radius 3 is 2.53 bits per heavy atom. The zero-order valence-corrected chi connectivity index (χ0v) is 9.27. The fraction of sp³-hybridized carbons (Fsp3) is 0.167. The summed E-state index contributed by atoms with van der Waals surface area (Å²) in [7, 11) is 0. The first-order valence-electron chi connectivity index (χ1n) is 4.92. The highest BCUT2D eigenvalue weighted by Crippen LogP contribution is 2.28. The SMILES string of the molecule is Cc1cc(=O)c2c(C)cc(O)c(C(=O)O)c2o1. The third-order valence-corrected chi connectivity index (χ3v) is 2.52. The van der Waals surface area contributed by atoms with Crippen LogP contribution in [0.3, 0.4) is 0 Å². The Balaban J connectivity index is 3.11. The lowest BCUT2D eigenvalue weighted by atomic mass is 10.0. The van der Waals surface area contributed by atoms with E-state index < -0.39 is 11.7 Å². The van der Waals surface area contributed by atoms with Crippen LogP contribution < -0.4 is 5.43 Å². The van der Waals surface area contributed by atoms with Crippen molar-refractivity contribution in [3.63, 3.8) is 0 Å². The predicted octanol–water partition coefficient (Wildman–Crippen LogP) is 1.81. The summed E-state index contributed by atoms with van der Waals surface area (Å²) >= 11 is 0. The maximum Gasteiger partial charge on any atom is 0.343 e. The average molecular weight is 234 g/mol. The minimum atomic E-state index is -1.33. The molecule has 1 heterocycles. The van der Waals surface area contributed by atoms with Gasteiger partial charge in [-0.25, -0.2) is 4.79 Å². The maximum absolute atomic E-state index is 11.8. The second-order valence-corrected chi connectivity index (χ2v) is 3.82. The molecule has 0 fully saturated rings. The number of carboxylic acids is 1. The van der Waals surface area contributed by atoms with Gasteiger partial charge in [0.2, 0.25) is 0 Å². The van der Waals surface area contributed by atoms with Crippen LogP contribution in [0.4, 0.5) is 0 Å².